The lowest BCUT2D eigenvalue weighted by Gasteiger charge is -2.40. The van der Waals surface area contributed by atoms with Gasteiger partial charge < -0.3 is 34.5 Å². The minimum absolute atomic E-state index is 0.144. The van der Waals surface area contributed by atoms with E-state index in [0.29, 0.717) is 42.4 Å². The number of piperidine rings is 1. The van der Waals surface area contributed by atoms with E-state index >= 15 is 0 Å². The molecule has 12 heteroatoms. The van der Waals surface area contributed by atoms with E-state index in [0.717, 1.165) is 11.1 Å². The van der Waals surface area contributed by atoms with Crippen LogP contribution >= 0.6 is 0 Å². The van der Waals surface area contributed by atoms with Gasteiger partial charge in [-0.15, -0.1) is 0 Å². The predicted molar refractivity (Wildman–Crippen MR) is 163 cm³/mol. The van der Waals surface area contributed by atoms with Gasteiger partial charge in [-0.05, 0) is 60.5 Å². The highest BCUT2D eigenvalue weighted by Gasteiger charge is 2.36. The molecule has 0 aromatic heterocycles. The van der Waals surface area contributed by atoms with E-state index in [1.54, 1.807) is 23.1 Å². The van der Waals surface area contributed by atoms with E-state index in [2.05, 4.69) is 10.6 Å². The molecule has 0 aliphatic carbocycles. The van der Waals surface area contributed by atoms with Crippen molar-refractivity contribution in [3.63, 3.8) is 0 Å². The maximum Gasteiger partial charge on any atom is 0.265 e. The van der Waals surface area contributed by atoms with E-state index < -0.39 is 18.1 Å². The van der Waals surface area contributed by atoms with Crippen LogP contribution in [0.4, 0.5) is 5.69 Å². The van der Waals surface area contributed by atoms with Crippen molar-refractivity contribution in [3.8, 4) is 23.0 Å². The van der Waals surface area contributed by atoms with Crippen LogP contribution in [0.1, 0.15) is 27.9 Å². The Morgan fingerprint density at radius 3 is 2.58 bits per heavy atom. The minimum Gasteiger partial charge on any atom is -0.493 e. The molecule has 0 radical (unpaired) electrons. The van der Waals surface area contributed by atoms with Crippen LogP contribution < -0.4 is 34.5 Å². The topological polar surface area (TPSA) is 136 Å². The van der Waals surface area contributed by atoms with Gasteiger partial charge in [-0.1, -0.05) is 18.2 Å². The van der Waals surface area contributed by atoms with Crippen LogP contribution in [0.25, 0.3) is 0 Å². The number of carbonyl (C=O) groups excluding carboxylic acids is 4. The number of hydrogen-bond acceptors (Lipinski definition) is 8. The van der Waals surface area contributed by atoms with Gasteiger partial charge in [-0.3, -0.25) is 24.1 Å². The molecule has 7 rings (SSSR count). The fraction of sp³-hybridized carbons (Fsp3) is 0.333. The second-order valence-electron chi connectivity index (χ2n) is 11.2. The summed E-state index contributed by atoms with van der Waals surface area (Å²) < 4.78 is 23.0. The molecule has 0 unspecified atom stereocenters. The summed E-state index contributed by atoms with van der Waals surface area (Å²) >= 11 is 0. The van der Waals surface area contributed by atoms with Crippen molar-refractivity contribution in [1.82, 2.24) is 15.5 Å². The number of nitrogens with zero attached hydrogens (tertiary/aromatic N) is 2. The number of carbonyl (C=O) groups is 4. The predicted octanol–water partition coefficient (Wildman–Crippen LogP) is 2.22. The van der Waals surface area contributed by atoms with Crippen LogP contribution in [-0.2, 0) is 20.9 Å². The molecule has 4 bridgehead atoms. The molecule has 0 spiro atoms. The lowest BCUT2D eigenvalue weighted by molar-refractivity contribution is -0.134. The second-order valence-corrected chi connectivity index (χ2v) is 11.2. The first-order chi connectivity index (χ1) is 21.8. The molecule has 12 nitrogen and oxygen atoms in total. The molecular formula is C33H34N4O8. The maximum absolute atomic E-state index is 13.6. The molecule has 4 aliphatic rings. The van der Waals surface area contributed by atoms with Gasteiger partial charge in [0.15, 0.2) is 24.7 Å². The van der Waals surface area contributed by atoms with Crippen molar-refractivity contribution < 1.29 is 38.1 Å². The number of nitrogens with one attached hydrogen (secondary N) is 2. The molecule has 1 fully saturated rings. The number of likely N-dealkylation sites (tertiary alicyclic amines) is 1. The van der Waals surface area contributed by atoms with E-state index in [1.165, 1.54) is 18.1 Å². The van der Waals surface area contributed by atoms with Crippen LogP contribution in [0.2, 0.25) is 0 Å². The number of anilines is 1. The van der Waals surface area contributed by atoms with Gasteiger partial charge in [0.2, 0.25) is 5.91 Å². The molecule has 234 valence electrons. The van der Waals surface area contributed by atoms with Crippen LogP contribution in [0.3, 0.4) is 0 Å². The second kappa shape index (κ2) is 12.8. The molecule has 1 saturated heterocycles. The Morgan fingerprint density at radius 1 is 0.978 bits per heavy atom. The average molecular weight is 615 g/mol. The van der Waals surface area contributed by atoms with E-state index in [4.69, 9.17) is 18.9 Å². The molecule has 3 aromatic rings. The Labute approximate surface area is 260 Å². The summed E-state index contributed by atoms with van der Waals surface area (Å²) in [6, 6.07) is 17.0. The fourth-order valence-corrected chi connectivity index (χ4v) is 5.60. The first-order valence-corrected chi connectivity index (χ1v) is 14.7. The van der Waals surface area contributed by atoms with Crippen molar-refractivity contribution >= 4 is 29.3 Å². The van der Waals surface area contributed by atoms with Gasteiger partial charge in [-0.2, -0.15) is 0 Å². The quantitative estimate of drug-likeness (QED) is 0.459. The molecule has 3 aromatic carbocycles. The number of methoxy groups -OCH3 is 1. The van der Waals surface area contributed by atoms with E-state index in [1.807, 2.05) is 43.3 Å². The fourth-order valence-electron chi connectivity index (χ4n) is 5.60. The monoisotopic (exact) mass is 614 g/mol. The van der Waals surface area contributed by atoms with Gasteiger partial charge >= 0.3 is 0 Å². The van der Waals surface area contributed by atoms with Crippen molar-refractivity contribution in [2.45, 2.75) is 32.0 Å². The van der Waals surface area contributed by atoms with Crippen molar-refractivity contribution in [2.75, 3.05) is 44.9 Å². The zero-order valence-corrected chi connectivity index (χ0v) is 25.0. The minimum atomic E-state index is -0.574. The highest BCUT2D eigenvalue weighted by molar-refractivity contribution is 6.02. The molecule has 4 aliphatic heterocycles. The average Bonchev–Trinajstić information content (AvgIpc) is 3.05. The summed E-state index contributed by atoms with van der Waals surface area (Å²) in [7, 11) is 1.47. The van der Waals surface area contributed by atoms with Crippen LogP contribution in [0, 0.1) is 6.92 Å². The van der Waals surface area contributed by atoms with Gasteiger partial charge in [0, 0.05) is 31.6 Å². The number of amides is 4. The Morgan fingerprint density at radius 2 is 1.78 bits per heavy atom. The Balaban J connectivity index is 1.25. The van der Waals surface area contributed by atoms with Crippen molar-refractivity contribution in [2.24, 2.45) is 0 Å². The smallest absolute Gasteiger partial charge is 0.265 e. The summed E-state index contributed by atoms with van der Waals surface area (Å²) in [5, 5.41) is 5.86. The summed E-state index contributed by atoms with van der Waals surface area (Å²) in [5.74, 6) is 0.470. The molecule has 0 saturated carbocycles. The molecular weight excluding hydrogens is 580 g/mol. The Kier molecular flexibility index (Phi) is 8.45. The standard InChI is InChI=1S/C33H34N4O8/c1-20-3-9-27-25(13-20)37(32(40)19-44-27)17-31(39)36-12-11-26-24(16-36)35-33(41)22-6-10-28(42-2)29(14-22)43-18-30(38)34-15-21-4-7-23(45-26)8-5-21/h3-10,13-14,24,26H,11-12,15-19H2,1-2H3,(H,34,38)(H,35,41)/t24-,26+/m0/s1. The first-order valence-electron chi connectivity index (χ1n) is 14.7. The summed E-state index contributed by atoms with van der Waals surface area (Å²) in [5.41, 5.74) is 2.66. The van der Waals surface area contributed by atoms with E-state index in [-0.39, 0.29) is 55.3 Å². The number of ether oxygens (including phenoxy) is 4. The summed E-state index contributed by atoms with van der Waals surface area (Å²) in [6.07, 6.45) is -0.000283. The van der Waals surface area contributed by atoms with Gasteiger partial charge in [-0.25, -0.2) is 0 Å². The molecule has 4 amide bonds. The highest BCUT2D eigenvalue weighted by atomic mass is 16.5. The number of fused-ring (bicyclic) bond motifs is 8. The lowest BCUT2D eigenvalue weighted by atomic mass is 10.0. The number of aryl methyl sites for hydroxylation is 1. The first kappa shape index (κ1) is 29.8. The largest absolute Gasteiger partial charge is 0.493 e. The Hall–Kier alpha value is -5.26. The zero-order valence-electron chi connectivity index (χ0n) is 25.0. The summed E-state index contributed by atoms with van der Waals surface area (Å²) in [4.78, 5) is 55.5. The number of rotatable bonds is 3. The van der Waals surface area contributed by atoms with Crippen molar-refractivity contribution in [1.29, 1.82) is 0 Å². The third-order valence-corrected chi connectivity index (χ3v) is 8.05. The Bertz CT molecular complexity index is 1630. The van der Waals surface area contributed by atoms with Crippen LogP contribution in [0.15, 0.2) is 60.7 Å². The zero-order chi connectivity index (χ0) is 31.5. The number of benzene rings is 3. The van der Waals surface area contributed by atoms with Crippen molar-refractivity contribution in [3.05, 3.63) is 77.4 Å². The van der Waals surface area contributed by atoms with E-state index in [9.17, 15) is 19.2 Å². The summed E-state index contributed by atoms with van der Waals surface area (Å²) in [6.45, 7) is 2.20. The van der Waals surface area contributed by atoms with Gasteiger partial charge in [0.1, 0.15) is 24.1 Å². The van der Waals surface area contributed by atoms with Crippen LogP contribution in [-0.4, -0.2) is 80.6 Å². The van der Waals surface area contributed by atoms with Gasteiger partial charge in [0.05, 0.1) is 18.8 Å². The molecule has 4 heterocycles. The lowest BCUT2D eigenvalue weighted by Crippen LogP contribution is -2.59. The molecule has 45 heavy (non-hydrogen) atoms. The molecule has 2 N–H and O–H groups in total. The normalized spacial score (nSPS) is 19.9. The maximum atomic E-state index is 13.6. The van der Waals surface area contributed by atoms with Gasteiger partial charge in [0.25, 0.3) is 17.7 Å². The SMILES string of the molecule is COc1ccc2cc1OCC(=O)NCc1ccc(cc1)O[C@@H]1CCN(C(=O)CN3C(=O)COc4ccc(C)cc43)C[C@@H]1NC2=O. The number of hydrogen-bond donors (Lipinski definition) is 2. The van der Waals surface area contributed by atoms with Crippen LogP contribution in [0.5, 0.6) is 23.0 Å². The third kappa shape index (κ3) is 6.64. The third-order valence-electron chi connectivity index (χ3n) is 8.05. The highest BCUT2D eigenvalue weighted by Crippen LogP contribution is 2.33. The molecule has 2 atom stereocenters.